The average molecular weight is 298 g/mol. The third-order valence-corrected chi connectivity index (χ3v) is 3.05. The zero-order chi connectivity index (χ0) is 15.9. The van der Waals surface area contributed by atoms with Crippen molar-refractivity contribution in [2.75, 3.05) is 23.9 Å². The van der Waals surface area contributed by atoms with Crippen molar-refractivity contribution in [1.82, 2.24) is 0 Å². The van der Waals surface area contributed by atoms with Gasteiger partial charge in [-0.3, -0.25) is 9.59 Å². The van der Waals surface area contributed by atoms with Gasteiger partial charge in [0.15, 0.2) is 6.61 Å². The molecular formula is C17H18N2O3. The molecule has 2 aromatic rings. The second-order valence-electron chi connectivity index (χ2n) is 4.78. The van der Waals surface area contributed by atoms with Gasteiger partial charge in [-0.25, -0.2) is 0 Å². The van der Waals surface area contributed by atoms with Gasteiger partial charge >= 0.3 is 0 Å². The van der Waals surface area contributed by atoms with Gasteiger partial charge in [-0.1, -0.05) is 18.2 Å². The van der Waals surface area contributed by atoms with Crippen LogP contribution in [-0.2, 0) is 9.59 Å². The highest BCUT2D eigenvalue weighted by Crippen LogP contribution is 2.16. The van der Waals surface area contributed by atoms with Crippen LogP contribution in [0.15, 0.2) is 54.6 Å². The number of amides is 2. The van der Waals surface area contributed by atoms with Crippen molar-refractivity contribution in [3.63, 3.8) is 0 Å². The quantitative estimate of drug-likeness (QED) is 0.923. The first-order valence-electron chi connectivity index (χ1n) is 6.88. The highest BCUT2D eigenvalue weighted by molar-refractivity contribution is 5.93. The topological polar surface area (TPSA) is 58.6 Å². The van der Waals surface area contributed by atoms with E-state index in [9.17, 15) is 9.59 Å². The molecule has 0 bridgehead atoms. The highest BCUT2D eigenvalue weighted by atomic mass is 16.5. The Bertz CT molecular complexity index is 639. The SMILES string of the molecule is CC(=O)Nc1ccc(OCC(=O)N(C)c2ccccc2)cc1. The molecule has 0 unspecified atom stereocenters. The van der Waals surface area contributed by atoms with Gasteiger partial charge in [-0.05, 0) is 36.4 Å². The predicted octanol–water partition coefficient (Wildman–Crippen LogP) is 2.69. The minimum absolute atomic E-state index is 0.0507. The Morgan fingerprint density at radius 3 is 2.27 bits per heavy atom. The molecule has 114 valence electrons. The van der Waals surface area contributed by atoms with E-state index in [2.05, 4.69) is 5.32 Å². The number of hydrogen-bond acceptors (Lipinski definition) is 3. The lowest BCUT2D eigenvalue weighted by atomic mass is 10.3. The molecule has 0 aromatic heterocycles. The van der Waals surface area contributed by atoms with Gasteiger partial charge in [0.25, 0.3) is 5.91 Å². The van der Waals surface area contributed by atoms with Gasteiger partial charge in [-0.2, -0.15) is 0 Å². The van der Waals surface area contributed by atoms with Gasteiger partial charge < -0.3 is 15.0 Å². The minimum Gasteiger partial charge on any atom is -0.484 e. The van der Waals surface area contributed by atoms with Crippen molar-refractivity contribution in [2.24, 2.45) is 0 Å². The zero-order valence-corrected chi connectivity index (χ0v) is 12.6. The Morgan fingerprint density at radius 2 is 1.68 bits per heavy atom. The maximum absolute atomic E-state index is 12.1. The normalized spacial score (nSPS) is 9.91. The Balaban J connectivity index is 1.89. The summed E-state index contributed by atoms with van der Waals surface area (Å²) in [5.41, 5.74) is 1.50. The molecule has 0 aliphatic rings. The molecule has 0 radical (unpaired) electrons. The van der Waals surface area contributed by atoms with Crippen LogP contribution >= 0.6 is 0 Å². The van der Waals surface area contributed by atoms with Crippen LogP contribution < -0.4 is 15.0 Å². The summed E-state index contributed by atoms with van der Waals surface area (Å²) in [4.78, 5) is 24.6. The molecule has 2 amide bonds. The third-order valence-electron chi connectivity index (χ3n) is 3.05. The van der Waals surface area contributed by atoms with E-state index in [0.29, 0.717) is 11.4 Å². The number of ether oxygens (including phenoxy) is 1. The Hall–Kier alpha value is -2.82. The fraction of sp³-hybridized carbons (Fsp3) is 0.176. The fourth-order valence-corrected chi connectivity index (χ4v) is 1.88. The molecular weight excluding hydrogens is 280 g/mol. The fourth-order valence-electron chi connectivity index (χ4n) is 1.88. The van der Waals surface area contributed by atoms with Crippen molar-refractivity contribution in [1.29, 1.82) is 0 Å². The van der Waals surface area contributed by atoms with Crippen LogP contribution in [0.4, 0.5) is 11.4 Å². The van der Waals surface area contributed by atoms with E-state index in [0.717, 1.165) is 5.69 Å². The van der Waals surface area contributed by atoms with E-state index in [1.54, 1.807) is 36.2 Å². The molecule has 0 aliphatic carbocycles. The lowest BCUT2D eigenvalue weighted by molar-refractivity contribution is -0.120. The Labute approximate surface area is 129 Å². The minimum atomic E-state index is -0.142. The van der Waals surface area contributed by atoms with Crippen LogP contribution in [-0.4, -0.2) is 25.5 Å². The maximum Gasteiger partial charge on any atom is 0.264 e. The van der Waals surface area contributed by atoms with Crippen molar-refractivity contribution >= 4 is 23.2 Å². The van der Waals surface area contributed by atoms with Crippen molar-refractivity contribution < 1.29 is 14.3 Å². The summed E-state index contributed by atoms with van der Waals surface area (Å²) in [6, 6.07) is 16.2. The van der Waals surface area contributed by atoms with Crippen LogP contribution in [0, 0.1) is 0 Å². The van der Waals surface area contributed by atoms with E-state index >= 15 is 0 Å². The van der Waals surface area contributed by atoms with E-state index in [1.807, 2.05) is 30.3 Å². The highest BCUT2D eigenvalue weighted by Gasteiger charge is 2.11. The number of carbonyl (C=O) groups is 2. The first kappa shape index (κ1) is 15.6. The van der Waals surface area contributed by atoms with Crippen LogP contribution in [0.1, 0.15) is 6.92 Å². The molecule has 1 N–H and O–H groups in total. The summed E-state index contributed by atoms with van der Waals surface area (Å²) in [6.07, 6.45) is 0. The van der Waals surface area contributed by atoms with E-state index < -0.39 is 0 Å². The molecule has 0 spiro atoms. The Kier molecular flexibility index (Phi) is 5.14. The van der Waals surface area contributed by atoms with Crippen LogP contribution in [0.5, 0.6) is 5.75 Å². The lowest BCUT2D eigenvalue weighted by Gasteiger charge is -2.17. The Morgan fingerprint density at radius 1 is 1.05 bits per heavy atom. The van der Waals surface area contributed by atoms with Crippen LogP contribution in [0.2, 0.25) is 0 Å². The van der Waals surface area contributed by atoms with Crippen molar-refractivity contribution in [3.05, 3.63) is 54.6 Å². The number of anilines is 2. The number of carbonyl (C=O) groups excluding carboxylic acids is 2. The van der Waals surface area contributed by atoms with Crippen molar-refractivity contribution in [2.45, 2.75) is 6.92 Å². The number of nitrogens with zero attached hydrogens (tertiary/aromatic N) is 1. The number of hydrogen-bond donors (Lipinski definition) is 1. The zero-order valence-electron chi connectivity index (χ0n) is 12.6. The van der Waals surface area contributed by atoms with Gasteiger partial charge in [0.1, 0.15) is 5.75 Å². The first-order valence-corrected chi connectivity index (χ1v) is 6.88. The monoisotopic (exact) mass is 298 g/mol. The molecule has 0 atom stereocenters. The van der Waals surface area contributed by atoms with Crippen LogP contribution in [0.3, 0.4) is 0 Å². The summed E-state index contributed by atoms with van der Waals surface area (Å²) in [6.45, 7) is 1.40. The maximum atomic E-state index is 12.1. The summed E-state index contributed by atoms with van der Waals surface area (Å²) >= 11 is 0. The molecule has 0 fully saturated rings. The molecule has 0 heterocycles. The third kappa shape index (κ3) is 4.34. The van der Waals surface area contributed by atoms with Gasteiger partial charge in [0.2, 0.25) is 5.91 Å². The van der Waals surface area contributed by atoms with E-state index in [-0.39, 0.29) is 18.4 Å². The second-order valence-corrected chi connectivity index (χ2v) is 4.78. The second kappa shape index (κ2) is 7.26. The van der Waals surface area contributed by atoms with Crippen molar-refractivity contribution in [3.8, 4) is 5.75 Å². The molecule has 0 saturated heterocycles. The lowest BCUT2D eigenvalue weighted by Crippen LogP contribution is -2.31. The number of benzene rings is 2. The molecule has 5 heteroatoms. The first-order chi connectivity index (χ1) is 10.6. The number of rotatable bonds is 5. The van der Waals surface area contributed by atoms with Crippen LogP contribution in [0.25, 0.3) is 0 Å². The number of likely N-dealkylation sites (N-methyl/N-ethyl adjacent to an activating group) is 1. The molecule has 5 nitrogen and oxygen atoms in total. The average Bonchev–Trinajstić information content (AvgIpc) is 2.53. The van der Waals surface area contributed by atoms with Gasteiger partial charge in [0.05, 0.1) is 0 Å². The summed E-state index contributed by atoms with van der Waals surface area (Å²) in [7, 11) is 1.71. The van der Waals surface area contributed by atoms with Gasteiger partial charge in [-0.15, -0.1) is 0 Å². The standard InChI is InChI=1S/C17H18N2O3/c1-13(20)18-14-8-10-16(11-9-14)22-12-17(21)19(2)15-6-4-3-5-7-15/h3-11H,12H2,1-2H3,(H,18,20). The summed E-state index contributed by atoms with van der Waals surface area (Å²) in [5.74, 6) is 0.300. The number of para-hydroxylation sites is 1. The summed E-state index contributed by atoms with van der Waals surface area (Å²) in [5, 5.41) is 2.67. The van der Waals surface area contributed by atoms with E-state index in [1.165, 1.54) is 6.92 Å². The molecule has 0 saturated carbocycles. The molecule has 2 rings (SSSR count). The van der Waals surface area contributed by atoms with Gasteiger partial charge in [0, 0.05) is 25.3 Å². The summed E-state index contributed by atoms with van der Waals surface area (Å²) < 4.78 is 5.47. The predicted molar refractivity (Wildman–Crippen MR) is 86.1 cm³/mol. The molecule has 0 aliphatic heterocycles. The number of nitrogens with one attached hydrogen (secondary N) is 1. The smallest absolute Gasteiger partial charge is 0.264 e. The molecule has 22 heavy (non-hydrogen) atoms. The van der Waals surface area contributed by atoms with E-state index in [4.69, 9.17) is 4.74 Å². The largest absolute Gasteiger partial charge is 0.484 e. The molecule has 2 aromatic carbocycles.